The summed E-state index contributed by atoms with van der Waals surface area (Å²) in [4.78, 5) is 0. The molecule has 2 heterocycles. The number of hydrogen-bond donors (Lipinski definition) is 0. The van der Waals surface area contributed by atoms with Crippen molar-refractivity contribution in [2.75, 3.05) is 0 Å². The van der Waals surface area contributed by atoms with Crippen LogP contribution in [0.25, 0.3) is 55.3 Å². The Morgan fingerprint density at radius 2 is 1.25 bits per heavy atom. The quantitative estimate of drug-likeness (QED) is 0.215. The van der Waals surface area contributed by atoms with E-state index >= 15 is 0 Å². The van der Waals surface area contributed by atoms with Crippen molar-refractivity contribution in [3.8, 4) is 33.4 Å². The molecule has 1 aromatic heterocycles. The molecule has 1 saturated heterocycles. The summed E-state index contributed by atoms with van der Waals surface area (Å²) in [6.45, 7) is 8.03. The van der Waals surface area contributed by atoms with E-state index in [1.807, 2.05) is 88.4 Å². The SMILES string of the molecule is [2H]c1c([2H])c([2H])c(-c2cc(-c3ccc(-c4ccccc4)cc3)cc3c2oc2cccc(B4OC(C)(C)C(C)(C)O4)c23)c([2H])c1[2H]. The fourth-order valence-electron chi connectivity index (χ4n) is 5.35. The van der Waals surface area contributed by atoms with E-state index in [0.29, 0.717) is 16.7 Å². The third-order valence-corrected chi connectivity index (χ3v) is 8.23. The van der Waals surface area contributed by atoms with E-state index in [9.17, 15) is 0 Å². The molecule has 3 nitrogen and oxygen atoms in total. The van der Waals surface area contributed by atoms with E-state index in [2.05, 4.69) is 24.3 Å². The van der Waals surface area contributed by atoms with Crippen molar-refractivity contribution in [2.45, 2.75) is 38.9 Å². The van der Waals surface area contributed by atoms with E-state index < -0.39 is 36.4 Å². The summed E-state index contributed by atoms with van der Waals surface area (Å²) in [5, 5.41) is 1.53. The Morgan fingerprint density at radius 1 is 0.625 bits per heavy atom. The maximum atomic E-state index is 8.79. The molecule has 0 atom stereocenters. The molecule has 1 aliphatic rings. The smallest absolute Gasteiger partial charge is 0.455 e. The summed E-state index contributed by atoms with van der Waals surface area (Å²) in [7, 11) is -0.655. The van der Waals surface area contributed by atoms with Crippen molar-refractivity contribution >= 4 is 34.5 Å². The Bertz CT molecular complexity index is 2080. The molecule has 196 valence electrons. The van der Waals surface area contributed by atoms with Gasteiger partial charge in [-0.25, -0.2) is 0 Å². The second-order valence-corrected chi connectivity index (χ2v) is 11.3. The summed E-state index contributed by atoms with van der Waals surface area (Å²) in [5.41, 5.74) is 5.12. The van der Waals surface area contributed by atoms with Gasteiger partial charge in [-0.05, 0) is 79.2 Å². The first-order valence-electron chi connectivity index (χ1n) is 16.0. The molecular formula is C36H31BO3. The van der Waals surface area contributed by atoms with Crippen LogP contribution in [0.15, 0.2) is 120 Å². The minimum atomic E-state index is -0.655. The van der Waals surface area contributed by atoms with Crippen molar-refractivity contribution in [2.24, 2.45) is 0 Å². The third-order valence-electron chi connectivity index (χ3n) is 8.23. The fraction of sp³-hybridized carbons (Fsp3) is 0.167. The Morgan fingerprint density at radius 3 is 1.93 bits per heavy atom. The molecule has 0 radical (unpaired) electrons. The van der Waals surface area contributed by atoms with Crippen LogP contribution in [0, 0.1) is 0 Å². The van der Waals surface area contributed by atoms with Gasteiger partial charge < -0.3 is 13.7 Å². The average molecular weight is 527 g/mol. The molecule has 40 heavy (non-hydrogen) atoms. The highest BCUT2D eigenvalue weighted by molar-refractivity contribution is 6.66. The molecule has 7 rings (SSSR count). The van der Waals surface area contributed by atoms with Gasteiger partial charge in [0.05, 0.1) is 18.1 Å². The molecule has 0 bridgehead atoms. The van der Waals surface area contributed by atoms with Crippen LogP contribution in [-0.4, -0.2) is 18.3 Å². The monoisotopic (exact) mass is 527 g/mol. The van der Waals surface area contributed by atoms with Gasteiger partial charge in [0, 0.05) is 16.3 Å². The van der Waals surface area contributed by atoms with Gasteiger partial charge in [0.15, 0.2) is 0 Å². The predicted octanol–water partition coefficient (Wildman–Crippen LogP) is 8.89. The van der Waals surface area contributed by atoms with Crippen LogP contribution in [-0.2, 0) is 9.31 Å². The summed E-state index contributed by atoms with van der Waals surface area (Å²) < 4.78 is 61.9. The van der Waals surface area contributed by atoms with Gasteiger partial charge in [-0.2, -0.15) is 0 Å². The van der Waals surface area contributed by atoms with Crippen LogP contribution in [0.5, 0.6) is 0 Å². The highest BCUT2D eigenvalue weighted by Crippen LogP contribution is 2.41. The van der Waals surface area contributed by atoms with Crippen molar-refractivity contribution in [1.82, 2.24) is 0 Å². The van der Waals surface area contributed by atoms with Gasteiger partial charge in [0.2, 0.25) is 0 Å². The lowest BCUT2D eigenvalue weighted by Gasteiger charge is -2.32. The zero-order chi connectivity index (χ0) is 31.8. The lowest BCUT2D eigenvalue weighted by molar-refractivity contribution is 0.00578. The van der Waals surface area contributed by atoms with E-state index in [1.54, 1.807) is 0 Å². The fourth-order valence-corrected chi connectivity index (χ4v) is 5.35. The standard InChI is InChI=1S/C36H31BO3/c1-35(2)36(3,4)40-37(39-35)31-16-11-17-32-33(31)30-23-28(22-29(34(30)38-32)27-14-9-6-10-15-27)26-20-18-25(19-21-26)24-12-7-5-8-13-24/h5-23H,1-4H3/i6D,9D,10D,14D,15D. The van der Waals surface area contributed by atoms with E-state index in [0.717, 1.165) is 38.5 Å². The first-order chi connectivity index (χ1) is 21.4. The second kappa shape index (κ2) is 9.23. The zero-order valence-electron chi connectivity index (χ0n) is 27.9. The van der Waals surface area contributed by atoms with Crippen molar-refractivity contribution < 1.29 is 20.6 Å². The largest absolute Gasteiger partial charge is 0.495 e. The summed E-state index contributed by atoms with van der Waals surface area (Å²) in [6.07, 6.45) is 0. The molecule has 6 aromatic rings. The van der Waals surface area contributed by atoms with Crippen LogP contribution >= 0.6 is 0 Å². The van der Waals surface area contributed by atoms with Gasteiger partial charge in [0.1, 0.15) is 11.2 Å². The number of hydrogen-bond acceptors (Lipinski definition) is 3. The molecule has 0 saturated carbocycles. The Hall–Kier alpha value is -4.12. The third kappa shape index (κ3) is 4.07. The summed E-state index contributed by atoms with van der Waals surface area (Å²) >= 11 is 0. The lowest BCUT2D eigenvalue weighted by atomic mass is 9.76. The minimum Gasteiger partial charge on any atom is -0.455 e. The van der Waals surface area contributed by atoms with Gasteiger partial charge in [0.25, 0.3) is 0 Å². The normalized spacial score (nSPS) is 17.9. The molecule has 5 aromatic carbocycles. The van der Waals surface area contributed by atoms with Crippen LogP contribution in [0.3, 0.4) is 0 Å². The molecule has 0 aliphatic carbocycles. The molecule has 0 amide bonds. The first kappa shape index (κ1) is 19.9. The van der Waals surface area contributed by atoms with Gasteiger partial charge in [-0.1, -0.05) is 96.9 Å². The Labute approximate surface area is 242 Å². The zero-order valence-corrected chi connectivity index (χ0v) is 22.9. The van der Waals surface area contributed by atoms with Crippen LogP contribution in [0.2, 0.25) is 0 Å². The number of furan rings is 1. The molecule has 0 spiro atoms. The van der Waals surface area contributed by atoms with E-state index in [4.69, 9.17) is 20.6 Å². The number of benzene rings is 5. The van der Waals surface area contributed by atoms with Crippen LogP contribution in [0.1, 0.15) is 34.5 Å². The Kier molecular flexibility index (Phi) is 4.58. The highest BCUT2D eigenvalue weighted by Gasteiger charge is 2.52. The Balaban J connectivity index is 1.51. The summed E-state index contributed by atoms with van der Waals surface area (Å²) in [6, 6.07) is 26.1. The molecule has 1 fully saturated rings. The average Bonchev–Trinajstić information content (AvgIpc) is 3.52. The molecular weight excluding hydrogens is 491 g/mol. The van der Waals surface area contributed by atoms with Crippen molar-refractivity contribution in [3.63, 3.8) is 0 Å². The van der Waals surface area contributed by atoms with Gasteiger partial charge >= 0.3 is 7.12 Å². The predicted molar refractivity (Wildman–Crippen MR) is 166 cm³/mol. The first-order valence-corrected chi connectivity index (χ1v) is 13.5. The second-order valence-electron chi connectivity index (χ2n) is 11.3. The lowest BCUT2D eigenvalue weighted by Crippen LogP contribution is -2.41. The van der Waals surface area contributed by atoms with E-state index in [1.165, 1.54) is 0 Å². The van der Waals surface area contributed by atoms with Crippen molar-refractivity contribution in [3.05, 3.63) is 115 Å². The molecule has 1 aliphatic heterocycles. The number of rotatable bonds is 4. The topological polar surface area (TPSA) is 31.6 Å². The molecule has 0 N–H and O–H groups in total. The summed E-state index contributed by atoms with van der Waals surface area (Å²) in [5.74, 6) is 0. The highest BCUT2D eigenvalue weighted by atomic mass is 16.7. The van der Waals surface area contributed by atoms with Crippen molar-refractivity contribution in [1.29, 1.82) is 0 Å². The molecule has 0 unspecified atom stereocenters. The maximum absolute atomic E-state index is 8.79. The molecule has 4 heteroatoms. The van der Waals surface area contributed by atoms with Crippen LogP contribution in [0.4, 0.5) is 0 Å². The van der Waals surface area contributed by atoms with Gasteiger partial charge in [-0.3, -0.25) is 0 Å². The number of fused-ring (bicyclic) bond motifs is 3. The van der Waals surface area contributed by atoms with Gasteiger partial charge in [-0.15, -0.1) is 0 Å². The van der Waals surface area contributed by atoms with E-state index in [-0.39, 0.29) is 17.6 Å². The van der Waals surface area contributed by atoms with Crippen LogP contribution < -0.4 is 5.46 Å². The minimum absolute atomic E-state index is 0.0880. The maximum Gasteiger partial charge on any atom is 0.495 e.